The van der Waals surface area contributed by atoms with Gasteiger partial charge < -0.3 is 10.1 Å². The Balaban J connectivity index is 2.64. The molecule has 0 aromatic carbocycles. The molecule has 1 unspecified atom stereocenters. The minimum absolute atomic E-state index is 0.0825. The highest BCUT2D eigenvalue weighted by molar-refractivity contribution is 5.91. The molecule has 18 heavy (non-hydrogen) atoms. The molecule has 0 bridgehead atoms. The highest BCUT2D eigenvalue weighted by atomic mass is 16.5. The zero-order valence-electron chi connectivity index (χ0n) is 11.0. The summed E-state index contributed by atoms with van der Waals surface area (Å²) in [6.07, 6.45) is 4.87. The van der Waals surface area contributed by atoms with Gasteiger partial charge in [-0.25, -0.2) is 4.79 Å². The fourth-order valence-corrected chi connectivity index (χ4v) is 2.11. The number of rotatable bonds is 4. The molecule has 0 saturated heterocycles. The molecular formula is C13H20N2O3. The van der Waals surface area contributed by atoms with Crippen molar-refractivity contribution in [2.24, 2.45) is 5.92 Å². The molecule has 1 saturated carbocycles. The van der Waals surface area contributed by atoms with E-state index in [1.165, 1.54) is 6.92 Å². The maximum absolute atomic E-state index is 12.0. The monoisotopic (exact) mass is 252 g/mol. The van der Waals surface area contributed by atoms with Crippen molar-refractivity contribution in [3.05, 3.63) is 0 Å². The summed E-state index contributed by atoms with van der Waals surface area (Å²) in [4.78, 5) is 23.7. The molecule has 0 aliphatic heterocycles. The highest BCUT2D eigenvalue weighted by Gasteiger charge is 2.38. The lowest BCUT2D eigenvalue weighted by atomic mass is 9.88. The second-order valence-electron chi connectivity index (χ2n) is 4.78. The first-order valence-corrected chi connectivity index (χ1v) is 6.44. The molecule has 5 nitrogen and oxygen atoms in total. The first-order valence-electron chi connectivity index (χ1n) is 6.44. The van der Waals surface area contributed by atoms with Crippen LogP contribution in [0.2, 0.25) is 0 Å². The van der Waals surface area contributed by atoms with Gasteiger partial charge in [0.15, 0.2) is 0 Å². The Labute approximate surface area is 107 Å². The molecule has 0 radical (unpaired) electrons. The summed E-state index contributed by atoms with van der Waals surface area (Å²) in [5.41, 5.74) is -1.58. The number of amides is 1. The van der Waals surface area contributed by atoms with Crippen LogP contribution in [0, 0.1) is 17.2 Å². The lowest BCUT2D eigenvalue weighted by Gasteiger charge is -2.26. The van der Waals surface area contributed by atoms with Crippen molar-refractivity contribution in [3.8, 4) is 6.07 Å². The van der Waals surface area contributed by atoms with Crippen LogP contribution in [0.4, 0.5) is 0 Å². The fourth-order valence-electron chi connectivity index (χ4n) is 2.11. The average Bonchev–Trinajstić information content (AvgIpc) is 2.39. The maximum atomic E-state index is 12.0. The number of nitrogens with zero attached hydrogens (tertiary/aromatic N) is 1. The van der Waals surface area contributed by atoms with Crippen LogP contribution in [0.25, 0.3) is 0 Å². The SMILES string of the molecule is CCOC(=O)C(C)(C#N)NC(=O)C1CCCCC1. The molecule has 1 atom stereocenters. The second-order valence-corrected chi connectivity index (χ2v) is 4.78. The molecule has 100 valence electrons. The van der Waals surface area contributed by atoms with E-state index < -0.39 is 11.5 Å². The minimum atomic E-state index is -1.58. The van der Waals surface area contributed by atoms with Gasteiger partial charge in [-0.2, -0.15) is 5.26 Å². The van der Waals surface area contributed by atoms with E-state index in [1.807, 2.05) is 6.07 Å². The normalized spacial score (nSPS) is 19.4. The van der Waals surface area contributed by atoms with Gasteiger partial charge >= 0.3 is 5.97 Å². The van der Waals surface area contributed by atoms with Crippen LogP contribution in [0.3, 0.4) is 0 Å². The molecule has 1 N–H and O–H groups in total. The van der Waals surface area contributed by atoms with Crippen LogP contribution in [-0.4, -0.2) is 24.0 Å². The summed E-state index contributed by atoms with van der Waals surface area (Å²) in [7, 11) is 0. The average molecular weight is 252 g/mol. The fraction of sp³-hybridized carbons (Fsp3) is 0.769. The van der Waals surface area contributed by atoms with Crippen LogP contribution in [0.1, 0.15) is 46.0 Å². The Bertz CT molecular complexity index is 356. The van der Waals surface area contributed by atoms with Gasteiger partial charge in [0, 0.05) is 5.92 Å². The van der Waals surface area contributed by atoms with Crippen LogP contribution in [0.5, 0.6) is 0 Å². The van der Waals surface area contributed by atoms with Gasteiger partial charge in [0.1, 0.15) is 6.07 Å². The van der Waals surface area contributed by atoms with Gasteiger partial charge in [0.2, 0.25) is 11.4 Å². The number of carbonyl (C=O) groups is 2. The molecule has 1 rings (SSSR count). The molecule has 0 aromatic rings. The summed E-state index contributed by atoms with van der Waals surface area (Å²) in [5, 5.41) is 11.6. The van der Waals surface area contributed by atoms with Crippen LogP contribution >= 0.6 is 0 Å². The summed E-state index contributed by atoms with van der Waals surface area (Å²) < 4.78 is 4.81. The Kier molecular flexibility index (Phi) is 5.14. The standard InChI is InChI=1S/C13H20N2O3/c1-3-18-12(17)13(2,9-14)15-11(16)10-7-5-4-6-8-10/h10H,3-8H2,1-2H3,(H,15,16). The van der Waals surface area contributed by atoms with E-state index in [0.29, 0.717) is 0 Å². The van der Waals surface area contributed by atoms with Gasteiger partial charge in [-0.15, -0.1) is 0 Å². The van der Waals surface area contributed by atoms with Gasteiger partial charge in [0.05, 0.1) is 6.61 Å². The minimum Gasteiger partial charge on any atom is -0.463 e. The number of ether oxygens (including phenoxy) is 1. The smallest absolute Gasteiger partial charge is 0.346 e. The van der Waals surface area contributed by atoms with Crippen molar-refractivity contribution in [2.75, 3.05) is 6.61 Å². The van der Waals surface area contributed by atoms with E-state index in [-0.39, 0.29) is 18.4 Å². The van der Waals surface area contributed by atoms with Crippen molar-refractivity contribution in [2.45, 2.75) is 51.5 Å². The lowest BCUT2D eigenvalue weighted by Crippen LogP contribution is -2.53. The third-order valence-electron chi connectivity index (χ3n) is 3.26. The predicted molar refractivity (Wildman–Crippen MR) is 65.4 cm³/mol. The van der Waals surface area contributed by atoms with Gasteiger partial charge in [-0.05, 0) is 26.7 Å². The van der Waals surface area contributed by atoms with E-state index in [9.17, 15) is 9.59 Å². The quantitative estimate of drug-likeness (QED) is 0.769. The maximum Gasteiger partial charge on any atom is 0.346 e. The molecule has 0 heterocycles. The number of nitriles is 1. The number of carbonyl (C=O) groups excluding carboxylic acids is 2. The molecule has 1 aliphatic rings. The summed E-state index contributed by atoms with van der Waals surface area (Å²) in [5.74, 6) is -0.996. The molecule has 1 amide bonds. The Morgan fingerprint density at radius 3 is 2.50 bits per heavy atom. The van der Waals surface area contributed by atoms with Crippen molar-refractivity contribution in [3.63, 3.8) is 0 Å². The third kappa shape index (κ3) is 3.46. The Hall–Kier alpha value is -1.57. The number of nitrogens with one attached hydrogen (secondary N) is 1. The number of hydrogen-bond acceptors (Lipinski definition) is 4. The van der Waals surface area contributed by atoms with Crippen LogP contribution in [-0.2, 0) is 14.3 Å². The Morgan fingerprint density at radius 1 is 1.39 bits per heavy atom. The van der Waals surface area contributed by atoms with E-state index in [2.05, 4.69) is 5.32 Å². The van der Waals surface area contributed by atoms with Gasteiger partial charge in [-0.1, -0.05) is 19.3 Å². The molecule has 1 aliphatic carbocycles. The lowest BCUT2D eigenvalue weighted by molar-refractivity contribution is -0.150. The van der Waals surface area contributed by atoms with Crippen LogP contribution < -0.4 is 5.32 Å². The first-order chi connectivity index (χ1) is 8.53. The Morgan fingerprint density at radius 2 is 2.00 bits per heavy atom. The summed E-state index contributed by atoms with van der Waals surface area (Å²) in [6.45, 7) is 3.24. The summed E-state index contributed by atoms with van der Waals surface area (Å²) in [6, 6.07) is 1.83. The number of hydrogen-bond donors (Lipinski definition) is 1. The van der Waals surface area contributed by atoms with Crippen molar-refractivity contribution >= 4 is 11.9 Å². The molecule has 0 aromatic heterocycles. The highest BCUT2D eigenvalue weighted by Crippen LogP contribution is 2.24. The first kappa shape index (κ1) is 14.5. The van der Waals surface area contributed by atoms with E-state index in [4.69, 9.17) is 10.00 Å². The molecular weight excluding hydrogens is 232 g/mol. The van der Waals surface area contributed by atoms with E-state index >= 15 is 0 Å². The molecule has 5 heteroatoms. The third-order valence-corrected chi connectivity index (χ3v) is 3.26. The van der Waals surface area contributed by atoms with Crippen molar-refractivity contribution in [1.29, 1.82) is 5.26 Å². The van der Waals surface area contributed by atoms with Crippen molar-refractivity contribution < 1.29 is 14.3 Å². The van der Waals surface area contributed by atoms with Gasteiger partial charge in [-0.3, -0.25) is 4.79 Å². The van der Waals surface area contributed by atoms with Crippen LogP contribution in [0.15, 0.2) is 0 Å². The number of esters is 1. The van der Waals surface area contributed by atoms with Crippen molar-refractivity contribution in [1.82, 2.24) is 5.32 Å². The van der Waals surface area contributed by atoms with E-state index in [1.54, 1.807) is 6.92 Å². The zero-order chi connectivity index (χ0) is 13.6. The topological polar surface area (TPSA) is 79.2 Å². The second kappa shape index (κ2) is 6.39. The van der Waals surface area contributed by atoms with E-state index in [0.717, 1.165) is 32.1 Å². The molecule has 0 spiro atoms. The zero-order valence-corrected chi connectivity index (χ0v) is 11.0. The van der Waals surface area contributed by atoms with Gasteiger partial charge in [0.25, 0.3) is 0 Å². The predicted octanol–water partition coefficient (Wildman–Crippen LogP) is 1.53. The summed E-state index contributed by atoms with van der Waals surface area (Å²) >= 11 is 0. The largest absolute Gasteiger partial charge is 0.463 e. The molecule has 1 fully saturated rings.